The van der Waals surface area contributed by atoms with Crippen molar-refractivity contribution in [2.75, 3.05) is 14.2 Å². The largest absolute Gasteiger partial charge is 0.496 e. The minimum atomic E-state index is -0.778. The van der Waals surface area contributed by atoms with Gasteiger partial charge in [-0.15, -0.1) is 0 Å². The van der Waals surface area contributed by atoms with Crippen LogP contribution in [0, 0.1) is 19.8 Å². The molecular formula is C15H20O4. The van der Waals surface area contributed by atoms with Crippen molar-refractivity contribution >= 4 is 11.8 Å². The van der Waals surface area contributed by atoms with Crippen LogP contribution < -0.4 is 4.74 Å². The molecule has 1 aromatic carbocycles. The minimum absolute atomic E-state index is 0.252. The highest BCUT2D eigenvalue weighted by molar-refractivity contribution is 6.10. The predicted molar refractivity (Wildman–Crippen MR) is 72.6 cm³/mol. The number of rotatable bonds is 5. The molecule has 1 rings (SSSR count). The molecule has 104 valence electrons. The average Bonchev–Trinajstić information content (AvgIpc) is 2.38. The van der Waals surface area contributed by atoms with E-state index in [0.717, 1.165) is 11.1 Å². The summed E-state index contributed by atoms with van der Waals surface area (Å²) in [7, 11) is 2.81. The second kappa shape index (κ2) is 6.36. The summed E-state index contributed by atoms with van der Waals surface area (Å²) in [6, 6.07) is 3.69. The van der Waals surface area contributed by atoms with Gasteiger partial charge in [0.1, 0.15) is 11.7 Å². The summed E-state index contributed by atoms with van der Waals surface area (Å²) in [6.07, 6.45) is 0.404. The van der Waals surface area contributed by atoms with Crippen molar-refractivity contribution in [3.05, 3.63) is 28.8 Å². The zero-order valence-corrected chi connectivity index (χ0v) is 12.1. The molecule has 0 radical (unpaired) electrons. The maximum Gasteiger partial charge on any atom is 0.316 e. The van der Waals surface area contributed by atoms with E-state index in [4.69, 9.17) is 4.74 Å². The fraction of sp³-hybridized carbons (Fsp3) is 0.467. The van der Waals surface area contributed by atoms with Crippen LogP contribution in [0.5, 0.6) is 5.75 Å². The van der Waals surface area contributed by atoms with Crippen LogP contribution in [-0.4, -0.2) is 26.0 Å². The second-order valence-electron chi connectivity index (χ2n) is 4.51. The van der Waals surface area contributed by atoms with E-state index >= 15 is 0 Å². The number of ketones is 1. The average molecular weight is 264 g/mol. The van der Waals surface area contributed by atoms with Crippen LogP contribution >= 0.6 is 0 Å². The molecule has 4 nitrogen and oxygen atoms in total. The summed E-state index contributed by atoms with van der Waals surface area (Å²) in [6.45, 7) is 5.57. The Morgan fingerprint density at radius 1 is 1.21 bits per heavy atom. The molecule has 0 amide bonds. The fourth-order valence-corrected chi connectivity index (χ4v) is 2.20. The van der Waals surface area contributed by atoms with E-state index in [1.54, 1.807) is 13.0 Å². The first-order chi connectivity index (χ1) is 8.96. The van der Waals surface area contributed by atoms with Crippen LogP contribution in [-0.2, 0) is 9.53 Å². The Morgan fingerprint density at radius 2 is 1.84 bits per heavy atom. The Morgan fingerprint density at radius 3 is 2.32 bits per heavy atom. The normalized spacial score (nSPS) is 11.8. The van der Waals surface area contributed by atoms with E-state index in [-0.39, 0.29) is 5.78 Å². The topological polar surface area (TPSA) is 52.6 Å². The Hall–Kier alpha value is -1.84. The standard InChI is InChI=1S/C15H20O4/c1-6-11(15(17)19-5)13(16)12-8-9(2)7-10(3)14(12)18-4/h7-8,11H,6H2,1-5H3. The van der Waals surface area contributed by atoms with Crippen molar-refractivity contribution in [3.63, 3.8) is 0 Å². The number of aryl methyl sites for hydroxylation is 2. The number of Topliss-reactive ketones (excluding diaryl/α,β-unsaturated/α-hetero) is 1. The molecule has 19 heavy (non-hydrogen) atoms. The minimum Gasteiger partial charge on any atom is -0.496 e. The van der Waals surface area contributed by atoms with Gasteiger partial charge in [-0.05, 0) is 37.5 Å². The molecule has 0 N–H and O–H groups in total. The monoisotopic (exact) mass is 264 g/mol. The first-order valence-corrected chi connectivity index (χ1v) is 6.23. The quantitative estimate of drug-likeness (QED) is 0.466. The first-order valence-electron chi connectivity index (χ1n) is 6.23. The van der Waals surface area contributed by atoms with E-state index in [9.17, 15) is 9.59 Å². The van der Waals surface area contributed by atoms with Gasteiger partial charge < -0.3 is 9.47 Å². The lowest BCUT2D eigenvalue weighted by Crippen LogP contribution is -2.25. The number of hydrogen-bond donors (Lipinski definition) is 0. The van der Waals surface area contributed by atoms with Gasteiger partial charge in [0.2, 0.25) is 0 Å². The Balaban J connectivity index is 3.28. The molecule has 4 heteroatoms. The third-order valence-corrected chi connectivity index (χ3v) is 3.10. The Bertz CT molecular complexity index is 491. The SMILES string of the molecule is CCC(C(=O)OC)C(=O)c1cc(C)cc(C)c1OC. The van der Waals surface area contributed by atoms with Crippen molar-refractivity contribution in [2.24, 2.45) is 5.92 Å². The Kier molecular flexibility index (Phi) is 5.10. The van der Waals surface area contributed by atoms with Crippen molar-refractivity contribution in [1.82, 2.24) is 0 Å². The van der Waals surface area contributed by atoms with Crippen LogP contribution in [0.3, 0.4) is 0 Å². The van der Waals surface area contributed by atoms with Gasteiger partial charge in [-0.2, -0.15) is 0 Å². The zero-order chi connectivity index (χ0) is 14.6. The molecule has 0 fully saturated rings. The first kappa shape index (κ1) is 15.2. The summed E-state index contributed by atoms with van der Waals surface area (Å²) in [4.78, 5) is 24.1. The molecule has 0 spiro atoms. The van der Waals surface area contributed by atoms with Gasteiger partial charge in [0.25, 0.3) is 0 Å². The molecule has 0 heterocycles. The molecular weight excluding hydrogens is 244 g/mol. The van der Waals surface area contributed by atoms with Crippen molar-refractivity contribution < 1.29 is 19.1 Å². The molecule has 1 unspecified atom stereocenters. The number of carbonyl (C=O) groups excluding carboxylic acids is 2. The van der Waals surface area contributed by atoms with Gasteiger partial charge in [0.05, 0.1) is 19.8 Å². The second-order valence-corrected chi connectivity index (χ2v) is 4.51. The van der Waals surface area contributed by atoms with Gasteiger partial charge >= 0.3 is 5.97 Å². The van der Waals surface area contributed by atoms with Crippen molar-refractivity contribution in [1.29, 1.82) is 0 Å². The van der Waals surface area contributed by atoms with E-state index in [0.29, 0.717) is 17.7 Å². The van der Waals surface area contributed by atoms with Crippen molar-refractivity contribution in [3.8, 4) is 5.75 Å². The highest BCUT2D eigenvalue weighted by Gasteiger charge is 2.29. The van der Waals surface area contributed by atoms with E-state index in [1.807, 2.05) is 19.9 Å². The zero-order valence-electron chi connectivity index (χ0n) is 12.1. The summed E-state index contributed by atoms with van der Waals surface area (Å²) in [5.41, 5.74) is 2.28. The summed E-state index contributed by atoms with van der Waals surface area (Å²) < 4.78 is 9.97. The van der Waals surface area contributed by atoms with Gasteiger partial charge in [0, 0.05) is 0 Å². The maximum absolute atomic E-state index is 12.5. The van der Waals surface area contributed by atoms with E-state index < -0.39 is 11.9 Å². The molecule has 0 saturated heterocycles. The van der Waals surface area contributed by atoms with Gasteiger partial charge in [-0.1, -0.05) is 13.0 Å². The molecule has 1 atom stereocenters. The fourth-order valence-electron chi connectivity index (χ4n) is 2.20. The van der Waals surface area contributed by atoms with Crippen molar-refractivity contribution in [2.45, 2.75) is 27.2 Å². The van der Waals surface area contributed by atoms with Gasteiger partial charge in [0.15, 0.2) is 5.78 Å². The summed E-state index contributed by atoms with van der Waals surface area (Å²) in [5.74, 6) is -1.01. The molecule has 1 aromatic rings. The van der Waals surface area contributed by atoms with Crippen LogP contribution in [0.25, 0.3) is 0 Å². The van der Waals surface area contributed by atoms with Crippen LogP contribution in [0.2, 0.25) is 0 Å². The number of benzene rings is 1. The number of ether oxygens (including phenoxy) is 2. The molecule has 0 aromatic heterocycles. The summed E-state index contributed by atoms with van der Waals surface area (Å²) >= 11 is 0. The smallest absolute Gasteiger partial charge is 0.316 e. The molecule has 0 aliphatic heterocycles. The molecule has 0 aliphatic rings. The number of methoxy groups -OCH3 is 2. The number of carbonyl (C=O) groups is 2. The highest BCUT2D eigenvalue weighted by atomic mass is 16.5. The highest BCUT2D eigenvalue weighted by Crippen LogP contribution is 2.28. The predicted octanol–water partition coefficient (Wildman–Crippen LogP) is 2.69. The Labute approximate surface area is 113 Å². The van der Waals surface area contributed by atoms with Crippen LogP contribution in [0.1, 0.15) is 34.8 Å². The van der Waals surface area contributed by atoms with Gasteiger partial charge in [-0.3, -0.25) is 9.59 Å². The van der Waals surface area contributed by atoms with Gasteiger partial charge in [-0.25, -0.2) is 0 Å². The molecule has 0 saturated carbocycles. The molecule has 0 bridgehead atoms. The third kappa shape index (κ3) is 3.13. The number of hydrogen-bond acceptors (Lipinski definition) is 4. The lowest BCUT2D eigenvalue weighted by atomic mass is 9.92. The molecule has 0 aliphatic carbocycles. The third-order valence-electron chi connectivity index (χ3n) is 3.10. The summed E-state index contributed by atoms with van der Waals surface area (Å²) in [5, 5.41) is 0. The lowest BCUT2D eigenvalue weighted by Gasteiger charge is -2.16. The number of esters is 1. The van der Waals surface area contributed by atoms with E-state index in [1.165, 1.54) is 14.2 Å². The lowest BCUT2D eigenvalue weighted by molar-refractivity contribution is -0.143. The van der Waals surface area contributed by atoms with Crippen LogP contribution in [0.4, 0.5) is 0 Å². The van der Waals surface area contributed by atoms with Crippen LogP contribution in [0.15, 0.2) is 12.1 Å². The maximum atomic E-state index is 12.5. The van der Waals surface area contributed by atoms with E-state index in [2.05, 4.69) is 4.74 Å².